The van der Waals surface area contributed by atoms with E-state index in [0.717, 1.165) is 0 Å². The summed E-state index contributed by atoms with van der Waals surface area (Å²) in [4.78, 5) is 0. The molecule has 0 aliphatic carbocycles. The van der Waals surface area contributed by atoms with Gasteiger partial charge in [-0.2, -0.15) is 0 Å². The third kappa shape index (κ3) is 8.12. The molecule has 0 N–H and O–H groups in total. The van der Waals surface area contributed by atoms with Crippen molar-refractivity contribution in [3.05, 3.63) is 24.8 Å². The summed E-state index contributed by atoms with van der Waals surface area (Å²) in [6, 6.07) is 0. The molecule has 0 saturated heterocycles. The molecule has 0 aliphatic rings. The topological polar surface area (TPSA) is 52.6 Å². The van der Waals surface area contributed by atoms with Crippen molar-refractivity contribution in [2.24, 2.45) is 0 Å². The molecule has 0 spiro atoms. The van der Waals surface area contributed by atoms with E-state index in [1.54, 1.807) is 19.3 Å². The molecular formula is C12H22O4S. The highest BCUT2D eigenvalue weighted by molar-refractivity contribution is 7.90. The third-order valence-corrected chi connectivity index (χ3v) is 3.15. The lowest BCUT2D eigenvalue weighted by molar-refractivity contribution is -0.00454. The minimum absolute atomic E-state index is 0.147. The average molecular weight is 262 g/mol. The standard InChI is InChI=1S/C12H22O4S/c1-5-11(15-3)12(16-6-2)9-7-8-10-17(4,13)14/h5,7,9,11-12H,1,6,8,10H2,2-4H3/b9-7+. The summed E-state index contributed by atoms with van der Waals surface area (Å²) in [6.45, 7) is 6.13. The summed E-state index contributed by atoms with van der Waals surface area (Å²) in [5.41, 5.74) is 0. The number of allylic oxidation sites excluding steroid dienone is 1. The molecule has 2 unspecified atom stereocenters. The Morgan fingerprint density at radius 3 is 2.41 bits per heavy atom. The van der Waals surface area contributed by atoms with Crippen LogP contribution in [0.3, 0.4) is 0 Å². The van der Waals surface area contributed by atoms with Crippen LogP contribution >= 0.6 is 0 Å². The summed E-state index contributed by atoms with van der Waals surface area (Å²) in [5, 5.41) is 0. The Morgan fingerprint density at radius 2 is 2.00 bits per heavy atom. The quantitative estimate of drug-likeness (QED) is 0.592. The highest BCUT2D eigenvalue weighted by Crippen LogP contribution is 2.07. The molecule has 4 nitrogen and oxygen atoms in total. The highest BCUT2D eigenvalue weighted by Gasteiger charge is 2.15. The molecule has 0 amide bonds. The number of methoxy groups -OCH3 is 1. The fourth-order valence-corrected chi connectivity index (χ4v) is 1.89. The third-order valence-electron chi connectivity index (χ3n) is 2.17. The van der Waals surface area contributed by atoms with Gasteiger partial charge in [-0.15, -0.1) is 6.58 Å². The van der Waals surface area contributed by atoms with Gasteiger partial charge in [-0.05, 0) is 13.3 Å². The maximum atomic E-state index is 10.9. The second kappa shape index (κ2) is 8.44. The molecule has 0 aromatic heterocycles. The van der Waals surface area contributed by atoms with E-state index in [-0.39, 0.29) is 18.0 Å². The molecule has 0 saturated carbocycles. The van der Waals surface area contributed by atoms with Gasteiger partial charge in [0.2, 0.25) is 0 Å². The molecule has 17 heavy (non-hydrogen) atoms. The molecule has 0 heterocycles. The van der Waals surface area contributed by atoms with Crippen LogP contribution in [0.25, 0.3) is 0 Å². The molecule has 0 fully saturated rings. The van der Waals surface area contributed by atoms with E-state index in [0.29, 0.717) is 13.0 Å². The van der Waals surface area contributed by atoms with Crippen LogP contribution < -0.4 is 0 Å². The Balaban J connectivity index is 4.33. The molecule has 0 aliphatic heterocycles. The molecule has 100 valence electrons. The Morgan fingerprint density at radius 1 is 1.35 bits per heavy atom. The fraction of sp³-hybridized carbons (Fsp3) is 0.667. The fourth-order valence-electron chi connectivity index (χ4n) is 1.33. The molecule has 0 aromatic rings. The Bertz CT molecular complexity index is 332. The first-order valence-corrected chi connectivity index (χ1v) is 7.62. The number of hydrogen-bond acceptors (Lipinski definition) is 4. The SMILES string of the molecule is C=CC(OC)C(/C=C/CCS(C)(=O)=O)OCC. The Kier molecular flexibility index (Phi) is 8.12. The number of hydrogen-bond donors (Lipinski definition) is 0. The van der Waals surface area contributed by atoms with Gasteiger partial charge in [0, 0.05) is 20.0 Å². The Hall–Kier alpha value is -0.650. The van der Waals surface area contributed by atoms with E-state index in [2.05, 4.69) is 6.58 Å². The predicted octanol–water partition coefficient (Wildman–Crippen LogP) is 1.58. The molecule has 0 rings (SSSR count). The maximum absolute atomic E-state index is 10.9. The van der Waals surface area contributed by atoms with E-state index in [1.165, 1.54) is 6.26 Å². The lowest BCUT2D eigenvalue weighted by Crippen LogP contribution is -2.27. The van der Waals surface area contributed by atoms with E-state index in [1.807, 2.05) is 13.0 Å². The van der Waals surface area contributed by atoms with Crippen LogP contribution in [0.4, 0.5) is 0 Å². The smallest absolute Gasteiger partial charge is 0.147 e. The van der Waals surface area contributed by atoms with Crippen LogP contribution in [0.1, 0.15) is 13.3 Å². The van der Waals surface area contributed by atoms with E-state index < -0.39 is 9.84 Å². The second-order valence-corrected chi connectivity index (χ2v) is 5.96. The van der Waals surface area contributed by atoms with E-state index >= 15 is 0 Å². The van der Waals surface area contributed by atoms with Crippen LogP contribution in [-0.2, 0) is 19.3 Å². The number of rotatable bonds is 9. The van der Waals surface area contributed by atoms with Gasteiger partial charge in [-0.1, -0.05) is 18.2 Å². The summed E-state index contributed by atoms with van der Waals surface area (Å²) >= 11 is 0. The van der Waals surface area contributed by atoms with Gasteiger partial charge in [0.15, 0.2) is 0 Å². The normalized spacial score (nSPS) is 15.9. The number of sulfone groups is 1. The highest BCUT2D eigenvalue weighted by atomic mass is 32.2. The van der Waals surface area contributed by atoms with Gasteiger partial charge in [0.05, 0.1) is 5.75 Å². The Labute approximate surface area is 104 Å². The first-order chi connectivity index (χ1) is 7.94. The first-order valence-electron chi connectivity index (χ1n) is 5.56. The van der Waals surface area contributed by atoms with Crippen molar-refractivity contribution in [1.29, 1.82) is 0 Å². The van der Waals surface area contributed by atoms with Gasteiger partial charge in [0.1, 0.15) is 22.0 Å². The molecule has 0 radical (unpaired) electrons. The van der Waals surface area contributed by atoms with Crippen molar-refractivity contribution in [2.45, 2.75) is 25.6 Å². The minimum Gasteiger partial charge on any atom is -0.374 e. The lowest BCUT2D eigenvalue weighted by atomic mass is 10.1. The summed E-state index contributed by atoms with van der Waals surface area (Å²) < 4.78 is 32.6. The van der Waals surface area contributed by atoms with Crippen molar-refractivity contribution in [3.8, 4) is 0 Å². The van der Waals surface area contributed by atoms with Crippen LogP contribution in [0.15, 0.2) is 24.8 Å². The second-order valence-electron chi connectivity index (χ2n) is 3.70. The summed E-state index contributed by atoms with van der Waals surface area (Å²) in [7, 11) is -1.32. The van der Waals surface area contributed by atoms with Crippen LogP contribution in [0.5, 0.6) is 0 Å². The van der Waals surface area contributed by atoms with Crippen molar-refractivity contribution < 1.29 is 17.9 Å². The van der Waals surface area contributed by atoms with Gasteiger partial charge >= 0.3 is 0 Å². The van der Waals surface area contributed by atoms with Crippen molar-refractivity contribution >= 4 is 9.84 Å². The van der Waals surface area contributed by atoms with Gasteiger partial charge in [0.25, 0.3) is 0 Å². The molecule has 5 heteroatoms. The zero-order chi connectivity index (χ0) is 13.3. The van der Waals surface area contributed by atoms with Crippen LogP contribution in [0, 0.1) is 0 Å². The van der Waals surface area contributed by atoms with Gasteiger partial charge in [-0.3, -0.25) is 0 Å². The lowest BCUT2D eigenvalue weighted by Gasteiger charge is -2.20. The molecular weight excluding hydrogens is 240 g/mol. The summed E-state index contributed by atoms with van der Waals surface area (Å²) in [5.74, 6) is 0.147. The van der Waals surface area contributed by atoms with Crippen molar-refractivity contribution in [3.63, 3.8) is 0 Å². The monoisotopic (exact) mass is 262 g/mol. The predicted molar refractivity (Wildman–Crippen MR) is 69.9 cm³/mol. The molecule has 0 aromatic carbocycles. The first kappa shape index (κ1) is 16.4. The zero-order valence-electron chi connectivity index (χ0n) is 10.8. The van der Waals surface area contributed by atoms with Crippen LogP contribution in [-0.4, -0.2) is 46.4 Å². The van der Waals surface area contributed by atoms with Crippen LogP contribution in [0.2, 0.25) is 0 Å². The van der Waals surface area contributed by atoms with Gasteiger partial charge < -0.3 is 9.47 Å². The molecule has 0 bridgehead atoms. The number of ether oxygens (including phenoxy) is 2. The van der Waals surface area contributed by atoms with E-state index in [9.17, 15) is 8.42 Å². The molecule has 2 atom stereocenters. The van der Waals surface area contributed by atoms with Crippen molar-refractivity contribution in [2.75, 3.05) is 25.7 Å². The zero-order valence-corrected chi connectivity index (χ0v) is 11.6. The minimum atomic E-state index is -2.91. The van der Waals surface area contributed by atoms with E-state index in [4.69, 9.17) is 9.47 Å². The largest absolute Gasteiger partial charge is 0.374 e. The summed E-state index contributed by atoms with van der Waals surface area (Å²) in [6.07, 6.45) is 6.56. The van der Waals surface area contributed by atoms with Crippen molar-refractivity contribution in [1.82, 2.24) is 0 Å². The average Bonchev–Trinajstić information content (AvgIpc) is 2.24. The maximum Gasteiger partial charge on any atom is 0.147 e. The van der Waals surface area contributed by atoms with Gasteiger partial charge in [-0.25, -0.2) is 8.42 Å².